The van der Waals surface area contributed by atoms with Crippen molar-refractivity contribution in [3.8, 4) is 0 Å². The van der Waals surface area contributed by atoms with E-state index in [4.69, 9.17) is 32.3 Å². The second-order valence-electron chi connectivity index (χ2n) is 22.2. The Morgan fingerprint density at radius 2 is 0.537 bits per heavy atom. The van der Waals surface area contributed by atoms with Gasteiger partial charge in [0, 0.05) is 19.3 Å². The topological polar surface area (TPSA) is 231 Å². The summed E-state index contributed by atoms with van der Waals surface area (Å²) in [5.41, 5.74) is 0. The third kappa shape index (κ3) is 69.6. The van der Waals surface area contributed by atoms with Crippen molar-refractivity contribution in [3.63, 3.8) is 0 Å². The third-order valence-corrected chi connectivity index (χ3v) is 15.2. The van der Waals surface area contributed by atoms with E-state index < -0.39 is 91.5 Å². The lowest BCUT2D eigenvalue weighted by Crippen LogP contribution is -2.30. The Labute approximate surface area is 572 Å². The number of esters is 3. The standard InChI is InChI=1S/C77H120O16P2/c1-4-7-10-13-16-19-22-25-28-31-33-35-37-40-42-45-48-51-54-57-60-63-75(80)87-66-72(78)67-89-94(83,84)90-68-73(79)69-91-95(85,86)92-71-74(93-77(82)65-62-59-56-53-50-47-44-39-30-27-24-21-18-15-12-9-6-3)70-88-76(81)64-61-58-55-52-49-46-43-41-38-36-34-32-29-26-23-20-17-14-11-8-5-2/h7-12,16-21,25-30,33-36,40-44,47-48,51,53,56,72-74,78-79H,4-6,13-15,22-24,31-32,37-39,45-46,49-50,52,54-55,57-71H2,1-3H3,(H,83,84)(H,85,86)/b10-7-,11-8-,12-9-,19-16-,20-17-,21-18-,28-25-,29-26-,30-27-,35-33-,36-34-,42-40-,43-41-,47-44-,51-48-,56-53-. The van der Waals surface area contributed by atoms with Gasteiger partial charge in [0.15, 0.2) is 6.10 Å². The molecule has 0 heterocycles. The lowest BCUT2D eigenvalue weighted by atomic mass is 10.1. The van der Waals surface area contributed by atoms with E-state index in [0.717, 1.165) is 148 Å². The molecule has 0 saturated heterocycles. The summed E-state index contributed by atoms with van der Waals surface area (Å²) in [6, 6.07) is 0. The quantitative estimate of drug-likeness (QED) is 0.0146. The maximum absolute atomic E-state index is 12.9. The average molecular weight is 1360 g/mol. The Kier molecular flexibility index (Phi) is 64.3. The summed E-state index contributed by atoms with van der Waals surface area (Å²) in [6.07, 6.45) is 87.7. The van der Waals surface area contributed by atoms with Crippen LogP contribution < -0.4 is 0 Å². The highest BCUT2D eigenvalue weighted by Crippen LogP contribution is 2.45. The average Bonchev–Trinajstić information content (AvgIpc) is 1.99. The SMILES string of the molecule is CC/C=C\C/C=C\C/C=C\C/C=C\C/C=C\C/C=C\CCCCC(=O)OCC(O)COP(=O)(O)OCC(O)COP(=O)(O)OCC(COC(=O)CCCCCCC/C=C\C/C=C\C/C=C\C/C=C\C/C=C\CC)OC(=O)CCC/C=C\C/C=C\C/C=C\C/C=C\C/C=C\CC. The number of rotatable bonds is 63. The molecule has 0 aromatic rings. The third-order valence-electron chi connectivity index (χ3n) is 13.3. The summed E-state index contributed by atoms with van der Waals surface area (Å²) in [4.78, 5) is 58.4. The largest absolute Gasteiger partial charge is 0.472 e. The molecule has 0 aromatic heterocycles. The van der Waals surface area contributed by atoms with Crippen LogP contribution in [-0.4, -0.2) is 95.9 Å². The van der Waals surface area contributed by atoms with E-state index in [9.17, 15) is 43.5 Å². The van der Waals surface area contributed by atoms with Crippen LogP contribution in [0.4, 0.5) is 0 Å². The molecule has 0 fully saturated rings. The smallest absolute Gasteiger partial charge is 0.463 e. The zero-order valence-corrected chi connectivity index (χ0v) is 59.5. The number of hydrogen-bond donors (Lipinski definition) is 4. The maximum atomic E-state index is 12.9. The molecule has 0 aliphatic carbocycles. The van der Waals surface area contributed by atoms with Gasteiger partial charge in [0.25, 0.3) is 0 Å². The Balaban J connectivity index is 4.84. The van der Waals surface area contributed by atoms with Gasteiger partial charge in [-0.1, -0.05) is 234 Å². The summed E-state index contributed by atoms with van der Waals surface area (Å²) in [7, 11) is -9.84. The number of phosphoric ester groups is 2. The van der Waals surface area contributed by atoms with Gasteiger partial charge in [-0.05, 0) is 154 Å². The van der Waals surface area contributed by atoms with E-state index in [1.807, 2.05) is 12.2 Å². The van der Waals surface area contributed by atoms with E-state index in [1.54, 1.807) is 0 Å². The van der Waals surface area contributed by atoms with Crippen molar-refractivity contribution in [2.24, 2.45) is 0 Å². The van der Waals surface area contributed by atoms with Crippen LogP contribution in [0.3, 0.4) is 0 Å². The highest BCUT2D eigenvalue weighted by molar-refractivity contribution is 7.47. The molecular formula is C77H120O16P2. The molecule has 0 aromatic carbocycles. The molecule has 534 valence electrons. The van der Waals surface area contributed by atoms with Crippen LogP contribution in [0.1, 0.15) is 213 Å². The molecule has 16 nitrogen and oxygen atoms in total. The highest BCUT2D eigenvalue weighted by Gasteiger charge is 2.29. The summed E-state index contributed by atoms with van der Waals surface area (Å²) >= 11 is 0. The molecule has 18 heteroatoms. The number of allylic oxidation sites excluding steroid dienone is 32. The lowest BCUT2D eigenvalue weighted by molar-refractivity contribution is -0.161. The number of aliphatic hydroxyl groups excluding tert-OH is 2. The van der Waals surface area contributed by atoms with E-state index >= 15 is 0 Å². The van der Waals surface area contributed by atoms with Gasteiger partial charge >= 0.3 is 33.6 Å². The Morgan fingerprint density at radius 3 is 0.884 bits per heavy atom. The van der Waals surface area contributed by atoms with Crippen LogP contribution in [0.5, 0.6) is 0 Å². The van der Waals surface area contributed by atoms with Crippen LogP contribution in [0.15, 0.2) is 194 Å². The molecule has 5 atom stereocenters. The molecule has 5 unspecified atom stereocenters. The highest BCUT2D eigenvalue weighted by atomic mass is 31.2. The molecule has 0 spiro atoms. The minimum Gasteiger partial charge on any atom is -0.463 e. The number of hydrogen-bond acceptors (Lipinski definition) is 14. The van der Waals surface area contributed by atoms with Crippen molar-refractivity contribution in [1.29, 1.82) is 0 Å². The molecular weight excluding hydrogens is 1240 g/mol. The monoisotopic (exact) mass is 1360 g/mol. The summed E-state index contributed by atoms with van der Waals surface area (Å²) in [6.45, 7) is 2.13. The minimum absolute atomic E-state index is 0.0114. The van der Waals surface area contributed by atoms with E-state index in [1.165, 1.54) is 0 Å². The van der Waals surface area contributed by atoms with Crippen molar-refractivity contribution < 1.29 is 75.8 Å². The number of phosphoric acid groups is 2. The minimum atomic E-state index is -4.96. The van der Waals surface area contributed by atoms with Gasteiger partial charge in [-0.25, -0.2) is 9.13 Å². The summed E-state index contributed by atoms with van der Waals surface area (Å²) < 4.78 is 60.8. The normalized spacial score (nSPS) is 15.3. The van der Waals surface area contributed by atoms with Gasteiger partial charge in [0.05, 0.1) is 26.4 Å². The van der Waals surface area contributed by atoms with Crippen molar-refractivity contribution in [2.75, 3.05) is 39.6 Å². The molecule has 0 radical (unpaired) electrons. The van der Waals surface area contributed by atoms with Crippen LogP contribution >= 0.6 is 15.6 Å². The Morgan fingerprint density at radius 1 is 0.295 bits per heavy atom. The van der Waals surface area contributed by atoms with Crippen LogP contribution in [-0.2, 0) is 55.8 Å². The second-order valence-corrected chi connectivity index (χ2v) is 25.1. The van der Waals surface area contributed by atoms with Crippen LogP contribution in [0.25, 0.3) is 0 Å². The van der Waals surface area contributed by atoms with E-state index in [-0.39, 0.29) is 19.3 Å². The molecule has 0 aliphatic heterocycles. The molecule has 0 amide bonds. The van der Waals surface area contributed by atoms with Gasteiger partial charge in [-0.2, -0.15) is 0 Å². The van der Waals surface area contributed by atoms with Crippen molar-refractivity contribution in [3.05, 3.63) is 194 Å². The number of unbranched alkanes of at least 4 members (excludes halogenated alkanes) is 8. The molecule has 0 aliphatic rings. The molecule has 0 saturated carbocycles. The molecule has 4 N–H and O–H groups in total. The number of aliphatic hydroxyl groups is 2. The fourth-order valence-corrected chi connectivity index (χ4v) is 9.69. The van der Waals surface area contributed by atoms with Gasteiger partial charge in [0.2, 0.25) is 0 Å². The second kappa shape index (κ2) is 68.3. The number of ether oxygens (including phenoxy) is 3. The van der Waals surface area contributed by atoms with Gasteiger partial charge < -0.3 is 34.2 Å². The van der Waals surface area contributed by atoms with Crippen molar-refractivity contribution in [1.82, 2.24) is 0 Å². The van der Waals surface area contributed by atoms with Gasteiger partial charge in [-0.3, -0.25) is 32.5 Å². The molecule has 0 bridgehead atoms. The maximum Gasteiger partial charge on any atom is 0.472 e. The summed E-state index contributed by atoms with van der Waals surface area (Å²) in [5.74, 6) is -1.73. The van der Waals surface area contributed by atoms with Crippen LogP contribution in [0, 0.1) is 0 Å². The first-order valence-corrected chi connectivity index (χ1v) is 37.7. The lowest BCUT2D eigenvalue weighted by Gasteiger charge is -2.21. The Hall–Kier alpha value is -5.61. The van der Waals surface area contributed by atoms with Crippen molar-refractivity contribution >= 4 is 33.6 Å². The van der Waals surface area contributed by atoms with Gasteiger partial charge in [-0.15, -0.1) is 0 Å². The fourth-order valence-electron chi connectivity index (χ4n) is 8.10. The predicted molar refractivity (Wildman–Crippen MR) is 389 cm³/mol. The van der Waals surface area contributed by atoms with Gasteiger partial charge in [0.1, 0.15) is 25.4 Å². The number of carbonyl (C=O) groups excluding carboxylic acids is 3. The zero-order chi connectivity index (χ0) is 69.5. The zero-order valence-electron chi connectivity index (χ0n) is 57.7. The van der Waals surface area contributed by atoms with E-state index in [2.05, 4.69) is 203 Å². The van der Waals surface area contributed by atoms with Crippen molar-refractivity contribution in [2.45, 2.75) is 232 Å². The van der Waals surface area contributed by atoms with E-state index in [0.29, 0.717) is 25.7 Å². The summed E-state index contributed by atoms with van der Waals surface area (Å²) in [5, 5.41) is 20.6. The Bertz CT molecular complexity index is 2510. The fraction of sp³-hybridized carbons (Fsp3) is 0.545. The first-order chi connectivity index (χ1) is 46.2. The number of carbonyl (C=O) groups is 3. The molecule has 95 heavy (non-hydrogen) atoms. The first kappa shape index (κ1) is 89.4. The first-order valence-electron chi connectivity index (χ1n) is 34.7. The van der Waals surface area contributed by atoms with Crippen LogP contribution in [0.2, 0.25) is 0 Å². The predicted octanol–water partition coefficient (Wildman–Crippen LogP) is 19.6. The molecule has 0 rings (SSSR count).